The van der Waals surface area contributed by atoms with Crippen LogP contribution in [0.3, 0.4) is 0 Å². The van der Waals surface area contributed by atoms with Crippen LogP contribution in [-0.2, 0) is 11.3 Å². The van der Waals surface area contributed by atoms with E-state index in [0.717, 1.165) is 18.5 Å². The van der Waals surface area contributed by atoms with Gasteiger partial charge in [-0.25, -0.2) is 0 Å². The van der Waals surface area contributed by atoms with Crippen LogP contribution < -0.4 is 5.32 Å². The monoisotopic (exact) mass is 313 g/mol. The minimum atomic E-state index is -0.0821. The van der Waals surface area contributed by atoms with E-state index in [-0.39, 0.29) is 24.3 Å². The van der Waals surface area contributed by atoms with Crippen LogP contribution in [0.4, 0.5) is 0 Å². The molecule has 0 bridgehead atoms. The molecule has 2 amide bonds. The van der Waals surface area contributed by atoms with E-state index in [9.17, 15) is 9.59 Å². The van der Waals surface area contributed by atoms with Gasteiger partial charge in [-0.1, -0.05) is 6.07 Å². The number of furan rings is 1. The highest BCUT2D eigenvalue weighted by molar-refractivity contribution is 5.94. The fourth-order valence-corrected chi connectivity index (χ4v) is 2.39. The molecule has 0 radical (unpaired) electrons. The second-order valence-electron chi connectivity index (χ2n) is 5.59. The Balaban J connectivity index is 1.49. The lowest BCUT2D eigenvalue weighted by atomic mass is 10.2. The second-order valence-corrected chi connectivity index (χ2v) is 5.59. The third-order valence-electron chi connectivity index (χ3n) is 3.79. The summed E-state index contributed by atoms with van der Waals surface area (Å²) in [6.45, 7) is 0.821. The summed E-state index contributed by atoms with van der Waals surface area (Å²) < 4.78 is 4.97. The van der Waals surface area contributed by atoms with Crippen molar-refractivity contribution in [3.63, 3.8) is 0 Å². The van der Waals surface area contributed by atoms with Gasteiger partial charge in [-0.05, 0) is 31.0 Å². The lowest BCUT2D eigenvalue weighted by Crippen LogP contribution is -2.36. The summed E-state index contributed by atoms with van der Waals surface area (Å²) in [6, 6.07) is 7.48. The maximum atomic E-state index is 12.4. The standard InChI is InChI=1S/C17H19N3O3/c21-16(19-11-14-3-1-2-8-18-14)6-9-20(15-4-5-15)17(22)13-7-10-23-12-13/h1-3,7-8,10,12,15H,4-6,9,11H2,(H,19,21). The van der Waals surface area contributed by atoms with Gasteiger partial charge in [0.05, 0.1) is 24.1 Å². The van der Waals surface area contributed by atoms with Crippen molar-refractivity contribution in [3.8, 4) is 0 Å². The van der Waals surface area contributed by atoms with Gasteiger partial charge in [0.15, 0.2) is 0 Å². The van der Waals surface area contributed by atoms with Crippen molar-refractivity contribution < 1.29 is 14.0 Å². The Hall–Kier alpha value is -2.63. The average molecular weight is 313 g/mol. The zero-order valence-electron chi connectivity index (χ0n) is 12.8. The van der Waals surface area contributed by atoms with E-state index in [0.29, 0.717) is 18.7 Å². The van der Waals surface area contributed by atoms with Crippen LogP contribution in [0.25, 0.3) is 0 Å². The molecule has 0 unspecified atom stereocenters. The molecular formula is C17H19N3O3. The fourth-order valence-electron chi connectivity index (χ4n) is 2.39. The van der Waals surface area contributed by atoms with Gasteiger partial charge >= 0.3 is 0 Å². The van der Waals surface area contributed by atoms with Gasteiger partial charge in [0.25, 0.3) is 5.91 Å². The molecule has 0 atom stereocenters. The Labute approximate surface area is 134 Å². The quantitative estimate of drug-likeness (QED) is 0.848. The lowest BCUT2D eigenvalue weighted by Gasteiger charge is -2.21. The van der Waals surface area contributed by atoms with E-state index in [4.69, 9.17) is 4.42 Å². The van der Waals surface area contributed by atoms with Crippen molar-refractivity contribution in [2.45, 2.75) is 31.8 Å². The molecule has 1 aliphatic rings. The molecule has 2 aromatic heterocycles. The molecule has 2 aromatic rings. The summed E-state index contributed by atoms with van der Waals surface area (Å²) in [5, 5.41) is 2.83. The van der Waals surface area contributed by atoms with Crippen molar-refractivity contribution in [1.82, 2.24) is 15.2 Å². The van der Waals surface area contributed by atoms with Gasteiger partial charge in [-0.2, -0.15) is 0 Å². The van der Waals surface area contributed by atoms with Crippen LogP contribution in [0.2, 0.25) is 0 Å². The second kappa shape index (κ2) is 7.09. The summed E-state index contributed by atoms with van der Waals surface area (Å²) >= 11 is 0. The summed E-state index contributed by atoms with van der Waals surface area (Å²) in [5.74, 6) is -0.153. The average Bonchev–Trinajstić information content (AvgIpc) is 3.26. The van der Waals surface area contributed by atoms with E-state index < -0.39 is 0 Å². The van der Waals surface area contributed by atoms with E-state index in [1.807, 2.05) is 18.2 Å². The maximum absolute atomic E-state index is 12.4. The Morgan fingerprint density at radius 3 is 2.83 bits per heavy atom. The number of nitrogens with zero attached hydrogens (tertiary/aromatic N) is 2. The fraction of sp³-hybridized carbons (Fsp3) is 0.353. The molecule has 0 aliphatic heterocycles. The summed E-state index contributed by atoms with van der Waals surface area (Å²) in [4.78, 5) is 30.3. The zero-order valence-corrected chi connectivity index (χ0v) is 12.8. The number of rotatable bonds is 7. The van der Waals surface area contributed by atoms with Crippen LogP contribution in [-0.4, -0.2) is 34.3 Å². The largest absolute Gasteiger partial charge is 0.472 e. The highest BCUT2D eigenvalue weighted by Gasteiger charge is 2.33. The molecule has 1 N–H and O–H groups in total. The predicted octanol–water partition coefficient (Wildman–Crippen LogP) is 1.99. The minimum Gasteiger partial charge on any atom is -0.472 e. The Kier molecular flexibility index (Phi) is 4.71. The third kappa shape index (κ3) is 4.18. The molecule has 0 saturated heterocycles. The van der Waals surface area contributed by atoms with Gasteiger partial charge in [0.2, 0.25) is 5.91 Å². The zero-order chi connectivity index (χ0) is 16.1. The van der Waals surface area contributed by atoms with Gasteiger partial charge in [-0.3, -0.25) is 14.6 Å². The lowest BCUT2D eigenvalue weighted by molar-refractivity contribution is -0.121. The first-order valence-electron chi connectivity index (χ1n) is 7.74. The normalized spacial score (nSPS) is 13.6. The molecule has 6 nitrogen and oxygen atoms in total. The number of hydrogen-bond acceptors (Lipinski definition) is 4. The molecule has 1 saturated carbocycles. The van der Waals surface area contributed by atoms with Crippen molar-refractivity contribution in [2.24, 2.45) is 0 Å². The van der Waals surface area contributed by atoms with Crippen LogP contribution in [0.5, 0.6) is 0 Å². The molecule has 120 valence electrons. The number of pyridine rings is 1. The van der Waals surface area contributed by atoms with Crippen LogP contribution >= 0.6 is 0 Å². The number of carbonyl (C=O) groups is 2. The summed E-state index contributed by atoms with van der Waals surface area (Å²) in [6.07, 6.45) is 6.90. The predicted molar refractivity (Wildman–Crippen MR) is 83.5 cm³/mol. The molecule has 2 heterocycles. The Bertz CT molecular complexity index is 651. The van der Waals surface area contributed by atoms with E-state index in [2.05, 4.69) is 10.3 Å². The Morgan fingerprint density at radius 2 is 2.17 bits per heavy atom. The van der Waals surface area contributed by atoms with Crippen molar-refractivity contribution in [3.05, 3.63) is 54.2 Å². The van der Waals surface area contributed by atoms with Gasteiger partial charge in [0, 0.05) is 25.2 Å². The highest BCUT2D eigenvalue weighted by atomic mass is 16.3. The van der Waals surface area contributed by atoms with E-state index in [1.54, 1.807) is 17.2 Å². The van der Waals surface area contributed by atoms with Gasteiger partial charge in [-0.15, -0.1) is 0 Å². The van der Waals surface area contributed by atoms with Crippen molar-refractivity contribution in [1.29, 1.82) is 0 Å². The minimum absolute atomic E-state index is 0.0706. The molecule has 23 heavy (non-hydrogen) atoms. The smallest absolute Gasteiger partial charge is 0.257 e. The summed E-state index contributed by atoms with van der Waals surface area (Å²) in [5.41, 5.74) is 1.35. The number of nitrogens with one attached hydrogen (secondary N) is 1. The molecule has 0 aromatic carbocycles. The number of carbonyl (C=O) groups excluding carboxylic acids is 2. The number of amides is 2. The number of aromatic nitrogens is 1. The molecule has 6 heteroatoms. The SMILES string of the molecule is O=C(CCN(C(=O)c1ccoc1)C1CC1)NCc1ccccn1. The molecule has 3 rings (SSSR count). The first-order chi connectivity index (χ1) is 11.2. The van der Waals surface area contributed by atoms with Crippen molar-refractivity contribution in [2.75, 3.05) is 6.54 Å². The maximum Gasteiger partial charge on any atom is 0.257 e. The van der Waals surface area contributed by atoms with E-state index >= 15 is 0 Å². The number of hydrogen-bond donors (Lipinski definition) is 1. The van der Waals surface area contributed by atoms with Crippen molar-refractivity contribution >= 4 is 11.8 Å². The Morgan fingerprint density at radius 1 is 1.30 bits per heavy atom. The van der Waals surface area contributed by atoms with E-state index in [1.165, 1.54) is 12.5 Å². The highest BCUT2D eigenvalue weighted by Crippen LogP contribution is 2.28. The van der Waals surface area contributed by atoms with Gasteiger partial charge in [0.1, 0.15) is 6.26 Å². The van der Waals surface area contributed by atoms with Crippen LogP contribution in [0.1, 0.15) is 35.3 Å². The molecule has 1 fully saturated rings. The first kappa shape index (κ1) is 15.3. The molecular weight excluding hydrogens is 294 g/mol. The van der Waals surface area contributed by atoms with Crippen LogP contribution in [0, 0.1) is 0 Å². The molecule has 1 aliphatic carbocycles. The first-order valence-corrected chi connectivity index (χ1v) is 7.74. The summed E-state index contributed by atoms with van der Waals surface area (Å²) in [7, 11) is 0. The topological polar surface area (TPSA) is 75.4 Å². The van der Waals surface area contributed by atoms with Gasteiger partial charge < -0.3 is 14.6 Å². The third-order valence-corrected chi connectivity index (χ3v) is 3.79. The molecule has 0 spiro atoms. The van der Waals surface area contributed by atoms with Crippen LogP contribution in [0.15, 0.2) is 47.4 Å².